The summed E-state index contributed by atoms with van der Waals surface area (Å²) in [6.45, 7) is 7.40. The van der Waals surface area contributed by atoms with Crippen molar-refractivity contribution in [2.24, 2.45) is 0 Å². The molecule has 0 spiro atoms. The molecule has 150 valence electrons. The van der Waals surface area contributed by atoms with Crippen LogP contribution < -0.4 is 5.32 Å². The Morgan fingerprint density at radius 1 is 0.964 bits per heavy atom. The summed E-state index contributed by atoms with van der Waals surface area (Å²) < 4.78 is 11.5. The highest BCUT2D eigenvalue weighted by Gasteiger charge is 2.29. The third-order valence-electron chi connectivity index (χ3n) is 5.25. The molecule has 1 aliphatic carbocycles. The Morgan fingerprint density at radius 3 is 2.32 bits per heavy atom. The molecule has 0 heterocycles. The number of alkyl carbamates (subject to hydrolysis) is 1. The Morgan fingerprint density at radius 2 is 1.64 bits per heavy atom. The summed E-state index contributed by atoms with van der Waals surface area (Å²) in [6.07, 6.45) is 2.61. The largest absolute Gasteiger partial charge is 0.445 e. The van der Waals surface area contributed by atoms with Gasteiger partial charge in [-0.15, -0.1) is 0 Å². The molecular formula is C24H31NO3. The predicted octanol–water partition coefficient (Wildman–Crippen LogP) is 5.35. The molecule has 1 amide bonds. The first-order chi connectivity index (χ1) is 13.4. The quantitative estimate of drug-likeness (QED) is 0.734. The molecular weight excluding hydrogens is 350 g/mol. The van der Waals surface area contributed by atoms with Gasteiger partial charge in [0, 0.05) is 0 Å². The molecule has 3 rings (SSSR count). The van der Waals surface area contributed by atoms with Crippen LogP contribution in [0, 0.1) is 0 Å². The zero-order valence-electron chi connectivity index (χ0n) is 17.1. The van der Waals surface area contributed by atoms with Crippen molar-refractivity contribution in [1.29, 1.82) is 0 Å². The number of benzene rings is 2. The highest BCUT2D eigenvalue weighted by atomic mass is 16.5. The molecule has 4 nitrogen and oxygen atoms in total. The van der Waals surface area contributed by atoms with Crippen molar-refractivity contribution >= 4 is 6.09 Å². The summed E-state index contributed by atoms with van der Waals surface area (Å²) in [5, 5.41) is 2.98. The molecule has 2 aromatic rings. The summed E-state index contributed by atoms with van der Waals surface area (Å²) in [6, 6.07) is 18.4. The van der Waals surface area contributed by atoms with Crippen molar-refractivity contribution in [3.05, 3.63) is 71.3 Å². The molecule has 2 atom stereocenters. The molecule has 0 aliphatic heterocycles. The van der Waals surface area contributed by atoms with Crippen molar-refractivity contribution in [3.63, 3.8) is 0 Å². The maximum Gasteiger partial charge on any atom is 0.407 e. The first-order valence-electron chi connectivity index (χ1n) is 10.1. The number of ether oxygens (including phenoxy) is 2. The first-order valence-corrected chi connectivity index (χ1v) is 10.1. The number of rotatable bonds is 6. The van der Waals surface area contributed by atoms with Gasteiger partial charge < -0.3 is 14.8 Å². The van der Waals surface area contributed by atoms with E-state index in [0.29, 0.717) is 6.61 Å². The van der Waals surface area contributed by atoms with E-state index in [2.05, 4.69) is 50.4 Å². The molecule has 1 aliphatic rings. The van der Waals surface area contributed by atoms with Crippen LogP contribution in [0.5, 0.6) is 0 Å². The molecule has 0 aromatic heterocycles. The first kappa shape index (κ1) is 20.4. The summed E-state index contributed by atoms with van der Waals surface area (Å²) in [5.74, 6) is 0. The normalized spacial score (nSPS) is 19.4. The maximum atomic E-state index is 12.2. The Labute approximate surface area is 168 Å². The second kappa shape index (κ2) is 9.24. The highest BCUT2D eigenvalue weighted by Crippen LogP contribution is 2.24. The van der Waals surface area contributed by atoms with E-state index in [1.165, 1.54) is 5.56 Å². The second-order valence-electron chi connectivity index (χ2n) is 8.54. The number of hydrogen-bond donors (Lipinski definition) is 1. The van der Waals surface area contributed by atoms with Crippen LogP contribution in [0.25, 0.3) is 0 Å². The van der Waals surface area contributed by atoms with Crippen LogP contribution in [0.1, 0.15) is 56.7 Å². The lowest BCUT2D eigenvalue weighted by Crippen LogP contribution is -2.41. The average Bonchev–Trinajstić information content (AvgIpc) is 3.12. The minimum atomic E-state index is -0.375. The number of carbonyl (C=O) groups is 1. The molecule has 1 fully saturated rings. The zero-order chi connectivity index (χ0) is 20.0. The van der Waals surface area contributed by atoms with E-state index in [4.69, 9.17) is 9.47 Å². The minimum Gasteiger partial charge on any atom is -0.445 e. The minimum absolute atomic E-state index is 0.0134. The molecule has 28 heavy (non-hydrogen) atoms. The topological polar surface area (TPSA) is 47.6 Å². The average molecular weight is 382 g/mol. The Bertz CT molecular complexity index is 750. The lowest BCUT2D eigenvalue weighted by molar-refractivity contribution is 0.0263. The fourth-order valence-electron chi connectivity index (χ4n) is 3.51. The molecule has 0 radical (unpaired) electrons. The number of hydrogen-bond acceptors (Lipinski definition) is 3. The lowest BCUT2D eigenvalue weighted by Gasteiger charge is -2.21. The van der Waals surface area contributed by atoms with Crippen molar-refractivity contribution in [2.45, 2.75) is 70.8 Å². The third kappa shape index (κ3) is 5.83. The fraction of sp³-hybridized carbons (Fsp3) is 0.458. The predicted molar refractivity (Wildman–Crippen MR) is 111 cm³/mol. The van der Waals surface area contributed by atoms with Gasteiger partial charge in [-0.05, 0) is 41.4 Å². The second-order valence-corrected chi connectivity index (χ2v) is 8.54. The van der Waals surface area contributed by atoms with Gasteiger partial charge in [-0.1, -0.05) is 75.4 Å². The molecule has 4 heteroatoms. The van der Waals surface area contributed by atoms with Crippen LogP contribution in [0.2, 0.25) is 0 Å². The highest BCUT2D eigenvalue weighted by molar-refractivity contribution is 5.67. The molecule has 0 bridgehead atoms. The maximum absolute atomic E-state index is 12.2. The van der Waals surface area contributed by atoms with Crippen molar-refractivity contribution < 1.29 is 14.3 Å². The van der Waals surface area contributed by atoms with Crippen LogP contribution in [0.4, 0.5) is 4.79 Å². The molecule has 2 aromatic carbocycles. The van der Waals surface area contributed by atoms with Crippen LogP contribution in [0.15, 0.2) is 54.6 Å². The molecule has 1 N–H and O–H groups in total. The van der Waals surface area contributed by atoms with Gasteiger partial charge in [-0.2, -0.15) is 0 Å². The van der Waals surface area contributed by atoms with E-state index in [0.717, 1.165) is 30.4 Å². The monoisotopic (exact) mass is 381 g/mol. The van der Waals surface area contributed by atoms with Gasteiger partial charge in [-0.25, -0.2) is 4.79 Å². The summed E-state index contributed by atoms with van der Waals surface area (Å²) in [5.41, 5.74) is 3.53. The van der Waals surface area contributed by atoms with Crippen molar-refractivity contribution in [1.82, 2.24) is 5.32 Å². The smallest absolute Gasteiger partial charge is 0.407 e. The van der Waals surface area contributed by atoms with Crippen LogP contribution in [0.3, 0.4) is 0 Å². The van der Waals surface area contributed by atoms with Crippen molar-refractivity contribution in [2.75, 3.05) is 0 Å². The number of carbonyl (C=O) groups excluding carboxylic acids is 1. The van der Waals surface area contributed by atoms with Gasteiger partial charge in [0.05, 0.1) is 18.8 Å². The van der Waals surface area contributed by atoms with Crippen LogP contribution in [-0.2, 0) is 28.1 Å². The fourth-order valence-corrected chi connectivity index (χ4v) is 3.51. The van der Waals surface area contributed by atoms with E-state index >= 15 is 0 Å². The van der Waals surface area contributed by atoms with E-state index in [1.54, 1.807) is 0 Å². The van der Waals surface area contributed by atoms with E-state index in [9.17, 15) is 4.79 Å². The summed E-state index contributed by atoms with van der Waals surface area (Å²) >= 11 is 0. The number of nitrogens with one attached hydrogen (secondary N) is 1. The summed E-state index contributed by atoms with van der Waals surface area (Å²) in [4.78, 5) is 12.2. The van der Waals surface area contributed by atoms with Crippen LogP contribution in [-0.4, -0.2) is 18.2 Å². The van der Waals surface area contributed by atoms with E-state index in [1.807, 2.05) is 30.3 Å². The van der Waals surface area contributed by atoms with Crippen molar-refractivity contribution in [3.8, 4) is 0 Å². The number of amides is 1. The van der Waals surface area contributed by atoms with Gasteiger partial charge in [0.1, 0.15) is 6.61 Å². The molecule has 1 saturated carbocycles. The van der Waals surface area contributed by atoms with Gasteiger partial charge in [0.2, 0.25) is 0 Å². The van der Waals surface area contributed by atoms with Crippen LogP contribution >= 0.6 is 0 Å². The van der Waals surface area contributed by atoms with Gasteiger partial charge in [0.25, 0.3) is 0 Å². The van der Waals surface area contributed by atoms with Gasteiger partial charge in [-0.3, -0.25) is 0 Å². The SMILES string of the molecule is CC(C)(C)c1ccc(COC(=O)NC2CCCC2OCc2ccccc2)cc1. The molecule has 2 unspecified atom stereocenters. The third-order valence-corrected chi connectivity index (χ3v) is 5.25. The lowest BCUT2D eigenvalue weighted by atomic mass is 9.87. The van der Waals surface area contributed by atoms with E-state index in [-0.39, 0.29) is 30.3 Å². The Hall–Kier alpha value is -2.33. The Kier molecular flexibility index (Phi) is 6.74. The molecule has 0 saturated heterocycles. The zero-order valence-corrected chi connectivity index (χ0v) is 17.1. The van der Waals surface area contributed by atoms with Gasteiger partial charge >= 0.3 is 6.09 Å². The van der Waals surface area contributed by atoms with E-state index < -0.39 is 0 Å². The standard InChI is InChI=1S/C24H31NO3/c1-24(2,3)20-14-12-19(13-15-20)17-28-23(26)25-21-10-7-11-22(21)27-16-18-8-5-4-6-9-18/h4-6,8-9,12-15,21-22H,7,10-11,16-17H2,1-3H3,(H,25,26). The summed E-state index contributed by atoms with van der Waals surface area (Å²) in [7, 11) is 0. The Balaban J connectivity index is 1.44. The van der Waals surface area contributed by atoms with Gasteiger partial charge in [0.15, 0.2) is 0 Å².